The second-order valence-corrected chi connectivity index (χ2v) is 5.05. The van der Waals surface area contributed by atoms with E-state index in [9.17, 15) is 14.7 Å². The third kappa shape index (κ3) is 2.66. The van der Waals surface area contributed by atoms with Gasteiger partial charge in [0.25, 0.3) is 5.91 Å². The predicted octanol–water partition coefficient (Wildman–Crippen LogP) is -0.939. The van der Waals surface area contributed by atoms with E-state index in [1.807, 2.05) is 0 Å². The van der Waals surface area contributed by atoms with Crippen LogP contribution in [0.25, 0.3) is 0 Å². The molecule has 0 radical (unpaired) electrons. The maximum atomic E-state index is 12.1. The molecule has 4 N–H and O–H groups in total. The number of hydrogen-bond donors (Lipinski definition) is 3. The highest BCUT2D eigenvalue weighted by Crippen LogP contribution is 2.28. The highest BCUT2D eigenvalue weighted by Gasteiger charge is 2.47. The van der Waals surface area contributed by atoms with Crippen LogP contribution in [0, 0.1) is 5.41 Å². The average molecular weight is 282 g/mol. The summed E-state index contributed by atoms with van der Waals surface area (Å²) in [4.78, 5) is 27.3. The monoisotopic (exact) mass is 282 g/mol. The van der Waals surface area contributed by atoms with Crippen LogP contribution < -0.4 is 11.1 Å². The lowest BCUT2D eigenvalue weighted by atomic mass is 9.85. The van der Waals surface area contributed by atoms with Crippen LogP contribution in [-0.4, -0.2) is 52.3 Å². The van der Waals surface area contributed by atoms with Crippen molar-refractivity contribution < 1.29 is 19.4 Å². The first kappa shape index (κ1) is 14.5. The van der Waals surface area contributed by atoms with Crippen LogP contribution in [0.2, 0.25) is 0 Å². The van der Waals surface area contributed by atoms with Gasteiger partial charge in [-0.2, -0.15) is 0 Å². The highest BCUT2D eigenvalue weighted by atomic mass is 16.5. The minimum absolute atomic E-state index is 0.0783. The van der Waals surface area contributed by atoms with Crippen molar-refractivity contribution in [3.8, 4) is 0 Å². The van der Waals surface area contributed by atoms with Gasteiger partial charge in [0.1, 0.15) is 11.1 Å². The number of carbonyl (C=O) groups excluding carboxylic acids is 1. The Labute approximate surface area is 115 Å². The number of nitrogens with two attached hydrogens (primary N) is 1. The molecule has 1 fully saturated rings. The number of carbonyl (C=O) groups is 2. The average Bonchev–Trinajstić information content (AvgIpc) is 2.99. The number of imidazole rings is 1. The van der Waals surface area contributed by atoms with Gasteiger partial charge >= 0.3 is 5.97 Å². The summed E-state index contributed by atoms with van der Waals surface area (Å²) in [6.45, 7) is 2.83. The zero-order chi connectivity index (χ0) is 14.8. The third-order valence-corrected chi connectivity index (χ3v) is 3.50. The van der Waals surface area contributed by atoms with Crippen molar-refractivity contribution in [1.82, 2.24) is 14.9 Å². The lowest BCUT2D eigenvalue weighted by Gasteiger charge is -2.25. The van der Waals surface area contributed by atoms with Gasteiger partial charge in [0.15, 0.2) is 0 Å². The van der Waals surface area contributed by atoms with E-state index in [0.29, 0.717) is 13.1 Å². The quantitative estimate of drug-likeness (QED) is 0.641. The molecule has 2 rings (SSSR count). The standard InChI is InChI=1S/C12H18N4O4/c1-12(11(18)19)6-20-5-9(12)15-10(17)8-4-16(3-2-13)7-14-8/h4,7,9H,2-3,5-6,13H2,1H3,(H,15,17)(H,18,19). The fourth-order valence-electron chi connectivity index (χ4n) is 2.07. The topological polar surface area (TPSA) is 119 Å². The Morgan fingerprint density at radius 1 is 1.70 bits per heavy atom. The summed E-state index contributed by atoms with van der Waals surface area (Å²) < 4.78 is 6.88. The number of aliphatic carboxylic acids is 1. The molecule has 2 atom stereocenters. The molecule has 2 heterocycles. The van der Waals surface area contributed by atoms with E-state index in [2.05, 4.69) is 10.3 Å². The van der Waals surface area contributed by atoms with Gasteiger partial charge in [-0.25, -0.2) is 4.98 Å². The van der Waals surface area contributed by atoms with Gasteiger partial charge in [-0.05, 0) is 6.92 Å². The molecular weight excluding hydrogens is 264 g/mol. The summed E-state index contributed by atoms with van der Waals surface area (Å²) in [5.74, 6) is -1.40. The first-order valence-electron chi connectivity index (χ1n) is 6.31. The second-order valence-electron chi connectivity index (χ2n) is 5.05. The van der Waals surface area contributed by atoms with E-state index >= 15 is 0 Å². The molecule has 8 heteroatoms. The number of rotatable bonds is 5. The highest BCUT2D eigenvalue weighted by molar-refractivity contribution is 5.93. The Kier molecular flexibility index (Phi) is 4.05. The molecule has 0 saturated carbocycles. The van der Waals surface area contributed by atoms with Gasteiger partial charge in [0, 0.05) is 19.3 Å². The third-order valence-electron chi connectivity index (χ3n) is 3.50. The molecule has 110 valence electrons. The number of ether oxygens (including phenoxy) is 1. The summed E-state index contributed by atoms with van der Waals surface area (Å²) in [5.41, 5.74) is 4.53. The molecule has 0 aromatic carbocycles. The van der Waals surface area contributed by atoms with Crippen LogP contribution in [0.5, 0.6) is 0 Å². The van der Waals surface area contributed by atoms with Crippen LogP contribution in [0.1, 0.15) is 17.4 Å². The second kappa shape index (κ2) is 5.59. The van der Waals surface area contributed by atoms with Crippen LogP contribution in [0.4, 0.5) is 0 Å². The summed E-state index contributed by atoms with van der Waals surface area (Å²) >= 11 is 0. The van der Waals surface area contributed by atoms with E-state index in [0.717, 1.165) is 0 Å². The zero-order valence-corrected chi connectivity index (χ0v) is 11.2. The van der Waals surface area contributed by atoms with E-state index in [1.54, 1.807) is 17.7 Å². The molecule has 0 spiro atoms. The van der Waals surface area contributed by atoms with Crippen molar-refractivity contribution in [3.05, 3.63) is 18.2 Å². The van der Waals surface area contributed by atoms with Crippen molar-refractivity contribution in [1.29, 1.82) is 0 Å². The number of nitrogens with one attached hydrogen (secondary N) is 1. The van der Waals surface area contributed by atoms with Crippen LogP contribution >= 0.6 is 0 Å². The summed E-state index contributed by atoms with van der Waals surface area (Å²) in [5, 5.41) is 11.9. The molecule has 1 aliphatic rings. The number of aromatic nitrogens is 2. The van der Waals surface area contributed by atoms with Crippen molar-refractivity contribution in [3.63, 3.8) is 0 Å². The van der Waals surface area contributed by atoms with Gasteiger partial charge in [-0.15, -0.1) is 0 Å². The number of hydrogen-bond acceptors (Lipinski definition) is 5. The molecular formula is C12H18N4O4. The maximum Gasteiger partial charge on any atom is 0.313 e. The summed E-state index contributed by atoms with van der Waals surface area (Å²) in [7, 11) is 0. The molecule has 1 saturated heterocycles. The number of carboxylic acids is 1. The Morgan fingerprint density at radius 3 is 3.10 bits per heavy atom. The van der Waals surface area contributed by atoms with Gasteiger partial charge in [-0.3, -0.25) is 9.59 Å². The fourth-order valence-corrected chi connectivity index (χ4v) is 2.07. The molecule has 8 nitrogen and oxygen atoms in total. The molecule has 1 aromatic heterocycles. The largest absolute Gasteiger partial charge is 0.481 e. The molecule has 0 bridgehead atoms. The minimum Gasteiger partial charge on any atom is -0.481 e. The molecule has 0 aliphatic carbocycles. The summed E-state index contributed by atoms with van der Waals surface area (Å²) in [6, 6.07) is -0.577. The van der Waals surface area contributed by atoms with Crippen LogP contribution in [0.15, 0.2) is 12.5 Å². The Morgan fingerprint density at radius 2 is 2.45 bits per heavy atom. The normalized spacial score (nSPS) is 25.6. The van der Waals surface area contributed by atoms with E-state index in [4.69, 9.17) is 10.5 Å². The van der Waals surface area contributed by atoms with Gasteiger partial charge < -0.3 is 25.5 Å². The smallest absolute Gasteiger partial charge is 0.313 e. The number of amides is 1. The molecule has 2 unspecified atom stereocenters. The van der Waals surface area contributed by atoms with E-state index in [1.165, 1.54) is 6.33 Å². The van der Waals surface area contributed by atoms with E-state index < -0.39 is 23.3 Å². The molecule has 1 aromatic rings. The van der Waals surface area contributed by atoms with Gasteiger partial charge in [-0.1, -0.05) is 0 Å². The van der Waals surface area contributed by atoms with Crippen molar-refractivity contribution in [2.75, 3.05) is 19.8 Å². The lowest BCUT2D eigenvalue weighted by molar-refractivity contribution is -0.148. The van der Waals surface area contributed by atoms with Gasteiger partial charge in [0.2, 0.25) is 0 Å². The lowest BCUT2D eigenvalue weighted by Crippen LogP contribution is -2.49. The Hall–Kier alpha value is -1.93. The first-order valence-corrected chi connectivity index (χ1v) is 6.31. The number of carboxylic acid groups (broad SMARTS) is 1. The maximum absolute atomic E-state index is 12.1. The Bertz CT molecular complexity index is 515. The van der Waals surface area contributed by atoms with Crippen LogP contribution in [-0.2, 0) is 16.1 Å². The van der Waals surface area contributed by atoms with Crippen molar-refractivity contribution in [2.45, 2.75) is 19.5 Å². The predicted molar refractivity (Wildman–Crippen MR) is 69.1 cm³/mol. The summed E-state index contributed by atoms with van der Waals surface area (Å²) in [6.07, 6.45) is 3.10. The molecule has 1 aliphatic heterocycles. The number of nitrogens with zero attached hydrogens (tertiary/aromatic N) is 2. The Balaban J connectivity index is 2.05. The minimum atomic E-state index is -1.12. The van der Waals surface area contributed by atoms with Crippen molar-refractivity contribution >= 4 is 11.9 Å². The molecule has 1 amide bonds. The fraction of sp³-hybridized carbons (Fsp3) is 0.583. The zero-order valence-electron chi connectivity index (χ0n) is 11.2. The SMILES string of the molecule is CC1(C(=O)O)COCC1NC(=O)c1cn(CCN)cn1. The van der Waals surface area contributed by atoms with Gasteiger partial charge in [0.05, 0.1) is 25.6 Å². The van der Waals surface area contributed by atoms with Crippen LogP contribution in [0.3, 0.4) is 0 Å². The van der Waals surface area contributed by atoms with Crippen molar-refractivity contribution in [2.24, 2.45) is 11.1 Å². The first-order chi connectivity index (χ1) is 9.47. The van der Waals surface area contributed by atoms with E-state index in [-0.39, 0.29) is 18.9 Å². The molecule has 20 heavy (non-hydrogen) atoms.